The van der Waals surface area contributed by atoms with E-state index in [0.29, 0.717) is 0 Å². The zero-order valence-electron chi connectivity index (χ0n) is 32.0. The van der Waals surface area contributed by atoms with Crippen molar-refractivity contribution in [3.05, 3.63) is 217 Å². The molecule has 11 rings (SSSR count). The number of hydrogen-bond donors (Lipinski definition) is 0. The zero-order chi connectivity index (χ0) is 38.1. The van der Waals surface area contributed by atoms with Crippen LogP contribution in [0.3, 0.4) is 0 Å². The zero-order valence-corrected chi connectivity index (χ0v) is 32.0. The molecule has 2 heteroatoms. The van der Waals surface area contributed by atoms with Crippen molar-refractivity contribution in [2.75, 3.05) is 4.90 Å². The van der Waals surface area contributed by atoms with Crippen LogP contribution in [0.2, 0.25) is 0 Å². The minimum atomic E-state index is -0.110. The van der Waals surface area contributed by atoms with Crippen molar-refractivity contribution < 1.29 is 0 Å². The number of nitrogens with zero attached hydrogens (tertiary/aromatic N) is 2. The van der Waals surface area contributed by atoms with Crippen LogP contribution in [0, 0.1) is 0 Å². The quantitative estimate of drug-likeness (QED) is 0.165. The van der Waals surface area contributed by atoms with Gasteiger partial charge in [-0.2, -0.15) is 0 Å². The van der Waals surface area contributed by atoms with E-state index in [1.807, 2.05) is 0 Å². The third-order valence-corrected chi connectivity index (χ3v) is 12.2. The van der Waals surface area contributed by atoms with Gasteiger partial charge in [-0.25, -0.2) is 0 Å². The Labute approximate surface area is 333 Å². The third-order valence-electron chi connectivity index (χ3n) is 12.2. The van der Waals surface area contributed by atoms with Gasteiger partial charge >= 0.3 is 0 Å². The molecule has 10 aromatic rings. The molecule has 270 valence electrons. The van der Waals surface area contributed by atoms with Crippen LogP contribution >= 0.6 is 0 Å². The Morgan fingerprint density at radius 3 is 1.72 bits per heavy atom. The molecule has 57 heavy (non-hydrogen) atoms. The number of anilines is 3. The predicted molar refractivity (Wildman–Crippen MR) is 241 cm³/mol. The van der Waals surface area contributed by atoms with Crippen LogP contribution in [0.4, 0.5) is 17.1 Å². The van der Waals surface area contributed by atoms with E-state index < -0.39 is 0 Å². The summed E-state index contributed by atoms with van der Waals surface area (Å²) >= 11 is 0. The molecule has 0 atom stereocenters. The third kappa shape index (κ3) is 5.33. The summed E-state index contributed by atoms with van der Waals surface area (Å²) in [6.07, 6.45) is 0. The molecule has 0 N–H and O–H groups in total. The van der Waals surface area contributed by atoms with Gasteiger partial charge in [0, 0.05) is 38.9 Å². The van der Waals surface area contributed by atoms with Gasteiger partial charge in [0.15, 0.2) is 0 Å². The minimum absolute atomic E-state index is 0.110. The maximum absolute atomic E-state index is 2.42. The Bertz CT molecular complexity index is 3100. The summed E-state index contributed by atoms with van der Waals surface area (Å²) in [6, 6.07) is 75.7. The molecule has 0 spiro atoms. The van der Waals surface area contributed by atoms with E-state index in [1.54, 1.807) is 0 Å². The second-order valence-electron chi connectivity index (χ2n) is 15.8. The van der Waals surface area contributed by atoms with Crippen LogP contribution in [-0.4, -0.2) is 4.57 Å². The van der Waals surface area contributed by atoms with E-state index in [1.165, 1.54) is 77.1 Å². The lowest BCUT2D eigenvalue weighted by atomic mass is 9.82. The number of para-hydroxylation sites is 2. The molecule has 0 radical (unpaired) electrons. The number of rotatable bonds is 6. The summed E-state index contributed by atoms with van der Waals surface area (Å²) in [5.41, 5.74) is 17.0. The summed E-state index contributed by atoms with van der Waals surface area (Å²) in [4.78, 5) is 2.42. The van der Waals surface area contributed by atoms with Crippen molar-refractivity contribution in [3.8, 4) is 39.1 Å². The number of hydrogen-bond acceptors (Lipinski definition) is 1. The fourth-order valence-corrected chi connectivity index (χ4v) is 9.40. The second-order valence-corrected chi connectivity index (χ2v) is 15.8. The van der Waals surface area contributed by atoms with Crippen molar-refractivity contribution in [1.82, 2.24) is 4.57 Å². The second kappa shape index (κ2) is 13.0. The van der Waals surface area contributed by atoms with Crippen LogP contribution in [0.15, 0.2) is 206 Å². The first-order valence-corrected chi connectivity index (χ1v) is 19.8. The van der Waals surface area contributed by atoms with Crippen LogP contribution in [-0.2, 0) is 5.41 Å². The molecule has 0 amide bonds. The van der Waals surface area contributed by atoms with E-state index in [2.05, 4.69) is 230 Å². The van der Waals surface area contributed by atoms with Gasteiger partial charge in [-0.1, -0.05) is 159 Å². The van der Waals surface area contributed by atoms with E-state index >= 15 is 0 Å². The Morgan fingerprint density at radius 2 is 0.930 bits per heavy atom. The molecular weight excluding hydrogens is 689 g/mol. The van der Waals surface area contributed by atoms with Gasteiger partial charge in [0.1, 0.15) is 0 Å². The summed E-state index contributed by atoms with van der Waals surface area (Å²) in [6.45, 7) is 4.71. The molecule has 9 aromatic carbocycles. The molecule has 1 aliphatic rings. The van der Waals surface area contributed by atoms with Crippen LogP contribution in [0.1, 0.15) is 25.0 Å². The summed E-state index contributed by atoms with van der Waals surface area (Å²) < 4.78 is 2.39. The number of fused-ring (bicyclic) bond motifs is 7. The van der Waals surface area contributed by atoms with Crippen molar-refractivity contribution in [2.24, 2.45) is 0 Å². The molecule has 2 nitrogen and oxygen atoms in total. The monoisotopic (exact) mass is 728 g/mol. The molecule has 0 aliphatic heterocycles. The highest BCUT2D eigenvalue weighted by Gasteiger charge is 2.35. The Hall–Kier alpha value is -7.16. The number of benzene rings is 9. The summed E-state index contributed by atoms with van der Waals surface area (Å²) in [5.74, 6) is 0. The van der Waals surface area contributed by atoms with E-state index in [9.17, 15) is 0 Å². The molecule has 1 aliphatic carbocycles. The van der Waals surface area contributed by atoms with E-state index in [4.69, 9.17) is 0 Å². The average molecular weight is 729 g/mol. The fourth-order valence-electron chi connectivity index (χ4n) is 9.40. The Balaban J connectivity index is 1.05. The molecular formula is C55H40N2. The largest absolute Gasteiger partial charge is 0.310 e. The molecule has 1 aromatic heterocycles. The lowest BCUT2D eigenvalue weighted by molar-refractivity contribution is 0.660. The van der Waals surface area contributed by atoms with Crippen molar-refractivity contribution in [3.63, 3.8) is 0 Å². The molecule has 0 unspecified atom stereocenters. The number of aromatic nitrogens is 1. The van der Waals surface area contributed by atoms with Gasteiger partial charge in [0.05, 0.1) is 11.0 Å². The normalized spacial score (nSPS) is 12.9. The van der Waals surface area contributed by atoms with E-state index in [0.717, 1.165) is 22.7 Å². The summed E-state index contributed by atoms with van der Waals surface area (Å²) in [7, 11) is 0. The first kappa shape index (κ1) is 33.2. The first-order chi connectivity index (χ1) is 28.0. The molecule has 0 saturated carbocycles. The van der Waals surface area contributed by atoms with Crippen LogP contribution in [0.5, 0.6) is 0 Å². The van der Waals surface area contributed by atoms with E-state index in [-0.39, 0.29) is 5.41 Å². The maximum Gasteiger partial charge on any atom is 0.0541 e. The minimum Gasteiger partial charge on any atom is -0.310 e. The van der Waals surface area contributed by atoms with Crippen LogP contribution in [0.25, 0.3) is 71.6 Å². The average Bonchev–Trinajstić information content (AvgIpc) is 3.72. The smallest absolute Gasteiger partial charge is 0.0541 e. The molecule has 0 bridgehead atoms. The van der Waals surface area contributed by atoms with Crippen molar-refractivity contribution in [2.45, 2.75) is 19.3 Å². The van der Waals surface area contributed by atoms with Gasteiger partial charge in [-0.15, -0.1) is 0 Å². The first-order valence-electron chi connectivity index (χ1n) is 19.8. The highest BCUT2D eigenvalue weighted by molar-refractivity contribution is 6.09. The SMILES string of the molecule is CC1(C)c2ccccc2-c2ccc(N(c3ccc(-c4cccc5ccccc45)cc3)c3cccc(-c4cccc(-n5c6ccccc6c6ccccc65)c4)c3)cc21. The highest BCUT2D eigenvalue weighted by Crippen LogP contribution is 2.51. The van der Waals surface area contributed by atoms with Gasteiger partial charge in [0.25, 0.3) is 0 Å². The van der Waals surface area contributed by atoms with Gasteiger partial charge in [-0.05, 0) is 116 Å². The van der Waals surface area contributed by atoms with Crippen molar-refractivity contribution in [1.29, 1.82) is 0 Å². The van der Waals surface area contributed by atoms with Crippen LogP contribution < -0.4 is 4.90 Å². The highest BCUT2D eigenvalue weighted by atomic mass is 15.1. The van der Waals surface area contributed by atoms with Gasteiger partial charge in [-0.3, -0.25) is 0 Å². The van der Waals surface area contributed by atoms with Gasteiger partial charge < -0.3 is 9.47 Å². The predicted octanol–water partition coefficient (Wildman–Crippen LogP) is 15.0. The molecule has 1 heterocycles. The van der Waals surface area contributed by atoms with Gasteiger partial charge in [0.2, 0.25) is 0 Å². The lowest BCUT2D eigenvalue weighted by Gasteiger charge is -2.28. The maximum atomic E-state index is 2.42. The topological polar surface area (TPSA) is 8.17 Å². The molecule has 0 saturated heterocycles. The Morgan fingerprint density at radius 1 is 0.368 bits per heavy atom. The Kier molecular flexibility index (Phi) is 7.55. The van der Waals surface area contributed by atoms with Crippen molar-refractivity contribution >= 4 is 49.6 Å². The summed E-state index contributed by atoms with van der Waals surface area (Å²) in [5, 5.41) is 5.05. The standard InChI is InChI=1S/C55H40N2/c1-55(2)51-25-8-5-21-47(51)48-33-32-44(36-52(48)55)56(41-30-28-38(29-31-41)46-24-13-15-37-14-3-4-20-45(37)46)42-18-11-16-39(34-42)40-17-12-19-43(35-40)57-53-26-9-6-22-49(53)50-23-7-10-27-54(50)57/h3-36H,1-2H3. The fraction of sp³-hybridized carbons (Fsp3) is 0.0545. The molecule has 0 fully saturated rings. The lowest BCUT2D eigenvalue weighted by Crippen LogP contribution is -2.16.